The van der Waals surface area contributed by atoms with Gasteiger partial charge in [-0.05, 0) is 5.92 Å². The average Bonchev–Trinajstić information content (AvgIpc) is 2.65. The van der Waals surface area contributed by atoms with Gasteiger partial charge in [0.25, 0.3) is 0 Å². The van der Waals surface area contributed by atoms with E-state index in [1.54, 1.807) is 42.7 Å². The lowest BCUT2D eigenvalue weighted by Gasteiger charge is -2.20. The molecule has 0 aliphatic heterocycles. The average molecular weight is 413 g/mol. The van der Waals surface area contributed by atoms with Crippen molar-refractivity contribution in [3.8, 4) is 0 Å². The van der Waals surface area contributed by atoms with Gasteiger partial charge in [-0.15, -0.1) is 0 Å². The SMILES string of the molecule is COC(OC)[SiH2]CCC(CC[SiH2]C(OC)OC)CC[SiH2]C(OC)OC. The van der Waals surface area contributed by atoms with Crippen molar-refractivity contribution in [3.63, 3.8) is 0 Å². The quantitative estimate of drug-likeness (QED) is 0.238. The summed E-state index contributed by atoms with van der Waals surface area (Å²) >= 11 is 0. The van der Waals surface area contributed by atoms with Crippen LogP contribution in [0.5, 0.6) is 0 Å². The molecule has 0 amide bonds. The fraction of sp³-hybridized carbons (Fsp3) is 1.00. The maximum absolute atomic E-state index is 5.35. The zero-order valence-corrected chi connectivity index (χ0v) is 21.4. The second kappa shape index (κ2) is 17.8. The number of ether oxygens (including phenoxy) is 6. The second-order valence-corrected chi connectivity index (χ2v) is 12.2. The Kier molecular flexibility index (Phi) is 18.1. The van der Waals surface area contributed by atoms with Crippen molar-refractivity contribution in [2.45, 2.75) is 55.1 Å². The van der Waals surface area contributed by atoms with Gasteiger partial charge >= 0.3 is 0 Å². The summed E-state index contributed by atoms with van der Waals surface area (Å²) in [6.45, 7) is 0. The van der Waals surface area contributed by atoms with Crippen LogP contribution in [0.1, 0.15) is 19.3 Å². The molecule has 0 saturated heterocycles. The van der Waals surface area contributed by atoms with E-state index in [-0.39, 0.29) is 46.3 Å². The molecule has 25 heavy (non-hydrogen) atoms. The first-order valence-electron chi connectivity index (χ1n) is 9.31. The summed E-state index contributed by atoms with van der Waals surface area (Å²) in [6.07, 6.45) is 3.86. The molecule has 0 saturated carbocycles. The molecule has 0 unspecified atom stereocenters. The largest absolute Gasteiger partial charge is 0.360 e. The lowest BCUT2D eigenvalue weighted by molar-refractivity contribution is -0.0442. The van der Waals surface area contributed by atoms with E-state index in [1.807, 2.05) is 0 Å². The van der Waals surface area contributed by atoms with Gasteiger partial charge in [-0.1, -0.05) is 37.4 Å². The molecule has 0 aromatic heterocycles. The zero-order valence-electron chi connectivity index (χ0n) is 17.1. The van der Waals surface area contributed by atoms with Crippen molar-refractivity contribution in [1.82, 2.24) is 0 Å². The van der Waals surface area contributed by atoms with Crippen molar-refractivity contribution in [2.24, 2.45) is 5.92 Å². The first-order valence-corrected chi connectivity index (χ1v) is 14.8. The van der Waals surface area contributed by atoms with Crippen molar-refractivity contribution < 1.29 is 28.4 Å². The Morgan fingerprint density at radius 3 is 0.920 bits per heavy atom. The lowest BCUT2D eigenvalue weighted by Crippen LogP contribution is -2.24. The maximum Gasteiger partial charge on any atom is 0.134 e. The standard InChI is InChI=1S/C16H40O6Si3/c1-17-14(18-2)23-10-7-13(8-11-24-15(19-3)20-4)9-12-25-16(21-5)22-6/h13-16H,7-12,23-25H2,1-6H3. The van der Waals surface area contributed by atoms with Crippen molar-refractivity contribution in [2.75, 3.05) is 42.7 Å². The molecule has 152 valence electrons. The van der Waals surface area contributed by atoms with E-state index in [9.17, 15) is 0 Å². The van der Waals surface area contributed by atoms with Gasteiger partial charge in [-0.25, -0.2) is 0 Å². The third kappa shape index (κ3) is 13.3. The molecule has 0 bridgehead atoms. The molecule has 9 heteroatoms. The highest BCUT2D eigenvalue weighted by molar-refractivity contribution is 6.37. The second-order valence-electron chi connectivity index (χ2n) is 6.36. The smallest absolute Gasteiger partial charge is 0.134 e. The van der Waals surface area contributed by atoms with Crippen LogP contribution >= 0.6 is 0 Å². The summed E-state index contributed by atoms with van der Waals surface area (Å²) in [5.41, 5.74) is 0. The fourth-order valence-corrected chi connectivity index (χ4v) is 8.00. The van der Waals surface area contributed by atoms with Crippen LogP contribution < -0.4 is 0 Å². The van der Waals surface area contributed by atoms with Crippen LogP contribution in [0.15, 0.2) is 0 Å². The zero-order chi connectivity index (χ0) is 18.9. The molecule has 0 aliphatic rings. The minimum absolute atomic E-state index is 0.0575. The van der Waals surface area contributed by atoms with Gasteiger partial charge < -0.3 is 28.4 Å². The van der Waals surface area contributed by atoms with E-state index >= 15 is 0 Å². The molecular weight excluding hydrogens is 372 g/mol. The van der Waals surface area contributed by atoms with E-state index in [4.69, 9.17) is 28.4 Å². The number of hydrogen-bond donors (Lipinski definition) is 0. The molecule has 0 aliphatic carbocycles. The van der Waals surface area contributed by atoms with Gasteiger partial charge in [-0.3, -0.25) is 0 Å². The predicted molar refractivity (Wildman–Crippen MR) is 111 cm³/mol. The molecule has 0 aromatic carbocycles. The van der Waals surface area contributed by atoms with Gasteiger partial charge in [0.05, 0.1) is 28.6 Å². The molecule has 0 radical (unpaired) electrons. The van der Waals surface area contributed by atoms with Crippen LogP contribution in [0.2, 0.25) is 18.1 Å². The monoisotopic (exact) mass is 412 g/mol. The molecule has 0 heterocycles. The summed E-state index contributed by atoms with van der Waals surface area (Å²) in [5.74, 6) is 0.956. The van der Waals surface area contributed by atoms with E-state index in [0.717, 1.165) is 5.92 Å². The Morgan fingerprint density at radius 2 is 0.720 bits per heavy atom. The minimum Gasteiger partial charge on any atom is -0.360 e. The first-order chi connectivity index (χ1) is 12.1. The third-order valence-electron chi connectivity index (χ3n) is 4.73. The Hall–Kier alpha value is 0.411. The van der Waals surface area contributed by atoms with Crippen molar-refractivity contribution in [3.05, 3.63) is 0 Å². The molecule has 0 fully saturated rings. The Morgan fingerprint density at radius 1 is 0.480 bits per heavy atom. The molecule has 0 aromatic rings. The lowest BCUT2D eigenvalue weighted by atomic mass is 10.0. The molecule has 0 atom stereocenters. The van der Waals surface area contributed by atoms with Gasteiger partial charge in [0.1, 0.15) is 17.7 Å². The Balaban J connectivity index is 4.24. The fourth-order valence-electron chi connectivity index (χ4n) is 3.15. The molecule has 6 nitrogen and oxygen atoms in total. The van der Waals surface area contributed by atoms with Crippen molar-refractivity contribution >= 4 is 28.6 Å². The molecule has 0 rings (SSSR count). The summed E-state index contributed by atoms with van der Waals surface area (Å²) < 4.78 is 32.1. The first kappa shape index (κ1) is 25.4. The minimum atomic E-state index is -0.333. The maximum atomic E-state index is 5.35. The van der Waals surface area contributed by atoms with Crippen LogP contribution in [-0.2, 0) is 28.4 Å². The predicted octanol–water partition coefficient (Wildman–Crippen LogP) is 0.263. The van der Waals surface area contributed by atoms with Gasteiger partial charge in [-0.2, -0.15) is 0 Å². The molecule has 0 N–H and O–H groups in total. The van der Waals surface area contributed by atoms with Crippen LogP contribution in [0.4, 0.5) is 0 Å². The topological polar surface area (TPSA) is 55.4 Å². The van der Waals surface area contributed by atoms with E-state index in [2.05, 4.69) is 0 Å². The van der Waals surface area contributed by atoms with Gasteiger partial charge in [0.2, 0.25) is 0 Å². The summed E-state index contributed by atoms with van der Waals surface area (Å²) in [5, 5.41) is 0. The van der Waals surface area contributed by atoms with E-state index in [0.29, 0.717) is 0 Å². The van der Waals surface area contributed by atoms with Crippen LogP contribution in [0.25, 0.3) is 0 Å². The van der Waals surface area contributed by atoms with E-state index in [1.165, 1.54) is 37.4 Å². The number of methoxy groups -OCH3 is 6. The highest BCUT2D eigenvalue weighted by atomic mass is 28.2. The van der Waals surface area contributed by atoms with Crippen LogP contribution in [0.3, 0.4) is 0 Å². The van der Waals surface area contributed by atoms with E-state index < -0.39 is 0 Å². The van der Waals surface area contributed by atoms with Gasteiger partial charge in [0, 0.05) is 42.7 Å². The Bertz CT molecular complexity index is 234. The van der Waals surface area contributed by atoms with Crippen LogP contribution in [0, 0.1) is 5.92 Å². The van der Waals surface area contributed by atoms with Crippen molar-refractivity contribution in [1.29, 1.82) is 0 Å². The number of hydrogen-bond acceptors (Lipinski definition) is 6. The normalized spacial score (nSPS) is 14.8. The highest BCUT2D eigenvalue weighted by Gasteiger charge is 2.15. The van der Waals surface area contributed by atoms with Gasteiger partial charge in [0.15, 0.2) is 0 Å². The summed E-state index contributed by atoms with van der Waals surface area (Å²) in [6, 6.07) is 3.82. The highest BCUT2D eigenvalue weighted by Crippen LogP contribution is 2.21. The summed E-state index contributed by atoms with van der Waals surface area (Å²) in [4.78, 5) is 0. The van der Waals surface area contributed by atoms with Crippen LogP contribution in [-0.4, -0.2) is 89.0 Å². The molecule has 0 spiro atoms. The third-order valence-corrected chi connectivity index (χ3v) is 10.6. The Labute approximate surface area is 161 Å². The molecular formula is C16H40O6Si3. The summed E-state index contributed by atoms with van der Waals surface area (Å²) in [7, 11) is 9.42. The number of rotatable bonds is 18.